The lowest BCUT2D eigenvalue weighted by atomic mass is 10.2. The zero-order valence-electron chi connectivity index (χ0n) is 7.23. The molecule has 2 N–H and O–H groups in total. The first kappa shape index (κ1) is 8.97. The van der Waals surface area contributed by atoms with E-state index in [4.69, 9.17) is 4.74 Å². The van der Waals surface area contributed by atoms with Crippen LogP contribution in [-0.4, -0.2) is 39.4 Å². The van der Waals surface area contributed by atoms with Gasteiger partial charge in [-0.25, -0.2) is 0 Å². The lowest BCUT2D eigenvalue weighted by Crippen LogP contribution is -2.31. The molecule has 0 aromatic heterocycles. The zero-order chi connectivity index (χ0) is 7.94. The minimum atomic E-state index is 0.479. The molecule has 1 rings (SSSR count). The Balaban J connectivity index is 1.86. The van der Waals surface area contributed by atoms with Gasteiger partial charge in [-0.15, -0.1) is 0 Å². The average molecular weight is 158 g/mol. The molecule has 0 spiro atoms. The van der Waals surface area contributed by atoms with E-state index in [2.05, 4.69) is 10.6 Å². The van der Waals surface area contributed by atoms with Crippen molar-refractivity contribution in [3.05, 3.63) is 0 Å². The molecule has 0 radical (unpaired) electrons. The maximum atomic E-state index is 5.45. The van der Waals surface area contributed by atoms with Crippen LogP contribution in [0.2, 0.25) is 0 Å². The van der Waals surface area contributed by atoms with Gasteiger partial charge >= 0.3 is 0 Å². The molecule has 1 heterocycles. The number of ether oxygens (including phenoxy) is 1. The Labute approximate surface area is 68.5 Å². The third-order valence-electron chi connectivity index (χ3n) is 1.95. The highest BCUT2D eigenvalue weighted by molar-refractivity contribution is 4.67. The highest BCUT2D eigenvalue weighted by Crippen LogP contribution is 2.10. The molecular formula is C8H18N2O. The standard InChI is InChI=1S/C8H18N2O/c1-9-4-5-10-7-8-3-2-6-11-8/h8-10H,2-7H2,1H3/t8-/m1/s1. The molecule has 0 aromatic rings. The van der Waals surface area contributed by atoms with Crippen molar-refractivity contribution >= 4 is 0 Å². The van der Waals surface area contributed by atoms with Crippen LogP contribution in [-0.2, 0) is 4.74 Å². The number of nitrogens with one attached hydrogen (secondary N) is 2. The van der Waals surface area contributed by atoms with E-state index in [1.807, 2.05) is 7.05 Å². The maximum absolute atomic E-state index is 5.45. The first-order valence-electron chi connectivity index (χ1n) is 4.40. The fraction of sp³-hybridized carbons (Fsp3) is 1.00. The highest BCUT2D eigenvalue weighted by Gasteiger charge is 2.13. The van der Waals surface area contributed by atoms with E-state index in [0.29, 0.717) is 6.10 Å². The highest BCUT2D eigenvalue weighted by atomic mass is 16.5. The summed E-state index contributed by atoms with van der Waals surface area (Å²) in [6.07, 6.45) is 2.94. The smallest absolute Gasteiger partial charge is 0.0700 e. The van der Waals surface area contributed by atoms with Crippen molar-refractivity contribution in [3.8, 4) is 0 Å². The Morgan fingerprint density at radius 1 is 1.45 bits per heavy atom. The van der Waals surface area contributed by atoms with Crippen LogP contribution in [0, 0.1) is 0 Å². The van der Waals surface area contributed by atoms with Gasteiger partial charge in [0.1, 0.15) is 0 Å². The Morgan fingerprint density at radius 3 is 3.00 bits per heavy atom. The molecule has 3 nitrogen and oxygen atoms in total. The van der Waals surface area contributed by atoms with Gasteiger partial charge in [-0.1, -0.05) is 0 Å². The Morgan fingerprint density at radius 2 is 2.36 bits per heavy atom. The fourth-order valence-electron chi connectivity index (χ4n) is 1.28. The lowest BCUT2D eigenvalue weighted by molar-refractivity contribution is 0.110. The van der Waals surface area contributed by atoms with Gasteiger partial charge in [-0.05, 0) is 19.9 Å². The zero-order valence-corrected chi connectivity index (χ0v) is 7.23. The Kier molecular flexibility index (Phi) is 4.50. The monoisotopic (exact) mass is 158 g/mol. The van der Waals surface area contributed by atoms with Crippen LogP contribution < -0.4 is 10.6 Å². The summed E-state index contributed by atoms with van der Waals surface area (Å²) < 4.78 is 5.45. The molecule has 11 heavy (non-hydrogen) atoms. The molecule has 0 aromatic carbocycles. The summed E-state index contributed by atoms with van der Waals surface area (Å²) in [7, 11) is 1.97. The summed E-state index contributed by atoms with van der Waals surface area (Å²) in [5.74, 6) is 0. The van der Waals surface area contributed by atoms with Gasteiger partial charge in [0.25, 0.3) is 0 Å². The van der Waals surface area contributed by atoms with Gasteiger partial charge < -0.3 is 15.4 Å². The molecule has 3 heteroatoms. The quantitative estimate of drug-likeness (QED) is 0.551. The normalized spacial score (nSPS) is 24.3. The van der Waals surface area contributed by atoms with Gasteiger partial charge in [0.2, 0.25) is 0 Å². The van der Waals surface area contributed by atoms with Crippen LogP contribution in [0.15, 0.2) is 0 Å². The summed E-state index contributed by atoms with van der Waals surface area (Å²) >= 11 is 0. The molecule has 1 aliphatic rings. The van der Waals surface area contributed by atoms with Gasteiger partial charge in [0.05, 0.1) is 6.10 Å². The second kappa shape index (κ2) is 5.52. The fourth-order valence-corrected chi connectivity index (χ4v) is 1.28. The summed E-state index contributed by atoms with van der Waals surface area (Å²) in [5.41, 5.74) is 0. The van der Waals surface area contributed by atoms with Crippen molar-refractivity contribution < 1.29 is 4.74 Å². The van der Waals surface area contributed by atoms with E-state index < -0.39 is 0 Å². The SMILES string of the molecule is CNCCNC[C@H]1CCCO1. The summed E-state index contributed by atoms with van der Waals surface area (Å²) in [6, 6.07) is 0. The number of hydrogen-bond donors (Lipinski definition) is 2. The molecule has 0 bridgehead atoms. The van der Waals surface area contributed by atoms with E-state index in [1.54, 1.807) is 0 Å². The Hall–Kier alpha value is -0.120. The molecule has 1 aliphatic heterocycles. The predicted octanol–water partition coefficient (Wildman–Crippen LogP) is -0.0256. The van der Waals surface area contributed by atoms with Crippen LogP contribution in [0.1, 0.15) is 12.8 Å². The third-order valence-corrected chi connectivity index (χ3v) is 1.95. The molecule has 1 atom stereocenters. The second-order valence-corrected chi connectivity index (χ2v) is 2.94. The molecule has 0 saturated carbocycles. The van der Waals surface area contributed by atoms with Crippen LogP contribution in [0.25, 0.3) is 0 Å². The minimum Gasteiger partial charge on any atom is -0.377 e. The van der Waals surface area contributed by atoms with E-state index in [9.17, 15) is 0 Å². The van der Waals surface area contributed by atoms with E-state index >= 15 is 0 Å². The van der Waals surface area contributed by atoms with Gasteiger partial charge in [-0.3, -0.25) is 0 Å². The molecule has 1 fully saturated rings. The molecule has 66 valence electrons. The van der Waals surface area contributed by atoms with Crippen molar-refractivity contribution in [3.63, 3.8) is 0 Å². The summed E-state index contributed by atoms with van der Waals surface area (Å²) in [6.45, 7) is 4.04. The molecule has 0 amide bonds. The molecule has 1 saturated heterocycles. The van der Waals surface area contributed by atoms with E-state index in [1.165, 1.54) is 12.8 Å². The van der Waals surface area contributed by atoms with Crippen LogP contribution in [0.4, 0.5) is 0 Å². The first-order chi connectivity index (χ1) is 5.43. The van der Waals surface area contributed by atoms with Gasteiger partial charge in [-0.2, -0.15) is 0 Å². The first-order valence-corrected chi connectivity index (χ1v) is 4.40. The van der Waals surface area contributed by atoms with Crippen molar-refractivity contribution in [2.24, 2.45) is 0 Å². The number of likely N-dealkylation sites (N-methyl/N-ethyl adjacent to an activating group) is 1. The van der Waals surface area contributed by atoms with Crippen LogP contribution >= 0.6 is 0 Å². The summed E-state index contributed by atoms with van der Waals surface area (Å²) in [5, 5.41) is 6.43. The predicted molar refractivity (Wildman–Crippen MR) is 45.8 cm³/mol. The molecule has 0 aliphatic carbocycles. The maximum Gasteiger partial charge on any atom is 0.0700 e. The van der Waals surface area contributed by atoms with Crippen molar-refractivity contribution in [2.45, 2.75) is 18.9 Å². The Bertz CT molecular complexity index is 92.1. The second-order valence-electron chi connectivity index (χ2n) is 2.94. The van der Waals surface area contributed by atoms with Crippen LogP contribution in [0.5, 0.6) is 0 Å². The number of rotatable bonds is 5. The largest absolute Gasteiger partial charge is 0.377 e. The molecular weight excluding hydrogens is 140 g/mol. The lowest BCUT2D eigenvalue weighted by Gasteiger charge is -2.09. The third kappa shape index (κ3) is 3.70. The van der Waals surface area contributed by atoms with Crippen molar-refractivity contribution in [1.29, 1.82) is 0 Å². The average Bonchev–Trinajstić information content (AvgIpc) is 2.50. The van der Waals surface area contributed by atoms with Crippen LogP contribution in [0.3, 0.4) is 0 Å². The number of hydrogen-bond acceptors (Lipinski definition) is 3. The molecule has 0 unspecified atom stereocenters. The van der Waals surface area contributed by atoms with Crippen molar-refractivity contribution in [2.75, 3.05) is 33.3 Å². The van der Waals surface area contributed by atoms with Crippen molar-refractivity contribution in [1.82, 2.24) is 10.6 Å². The van der Waals surface area contributed by atoms with Gasteiger partial charge in [0, 0.05) is 26.2 Å². The topological polar surface area (TPSA) is 33.3 Å². The minimum absolute atomic E-state index is 0.479. The summed E-state index contributed by atoms with van der Waals surface area (Å²) in [4.78, 5) is 0. The van der Waals surface area contributed by atoms with E-state index in [-0.39, 0.29) is 0 Å². The van der Waals surface area contributed by atoms with E-state index in [0.717, 1.165) is 26.2 Å². The van der Waals surface area contributed by atoms with Gasteiger partial charge in [0.15, 0.2) is 0 Å².